The minimum atomic E-state index is -0.307. The van der Waals surface area contributed by atoms with Gasteiger partial charge in [-0.1, -0.05) is 6.92 Å². The van der Waals surface area contributed by atoms with Crippen molar-refractivity contribution in [3.63, 3.8) is 0 Å². The van der Waals surface area contributed by atoms with Crippen LogP contribution in [0.1, 0.15) is 39.5 Å². The van der Waals surface area contributed by atoms with E-state index in [1.54, 1.807) is 4.90 Å². The number of nitrogens with zero attached hydrogens (tertiary/aromatic N) is 1. The van der Waals surface area contributed by atoms with E-state index in [9.17, 15) is 9.59 Å². The predicted octanol–water partition coefficient (Wildman–Crippen LogP) is 0.241. The molecule has 0 aromatic rings. The number of carbonyl (C=O) groups is 2. The van der Waals surface area contributed by atoms with Gasteiger partial charge in [0, 0.05) is 25.6 Å². The van der Waals surface area contributed by atoms with E-state index in [4.69, 9.17) is 5.73 Å². The highest BCUT2D eigenvalue weighted by Gasteiger charge is 2.31. The zero-order valence-corrected chi connectivity index (χ0v) is 10.7. The van der Waals surface area contributed by atoms with Gasteiger partial charge in [-0.3, -0.25) is 9.59 Å². The van der Waals surface area contributed by atoms with E-state index in [0.29, 0.717) is 25.9 Å². The highest BCUT2D eigenvalue weighted by molar-refractivity contribution is 5.88. The first kappa shape index (κ1) is 14.0. The van der Waals surface area contributed by atoms with Crippen molar-refractivity contribution in [3.05, 3.63) is 0 Å². The summed E-state index contributed by atoms with van der Waals surface area (Å²) >= 11 is 0. The highest BCUT2D eigenvalue weighted by Crippen LogP contribution is 2.15. The molecule has 0 saturated carbocycles. The van der Waals surface area contributed by atoms with Gasteiger partial charge in [-0.15, -0.1) is 0 Å². The summed E-state index contributed by atoms with van der Waals surface area (Å²) in [5.74, 6) is 0.0441. The number of rotatable bonds is 6. The van der Waals surface area contributed by atoms with Crippen LogP contribution in [0.3, 0.4) is 0 Å². The van der Waals surface area contributed by atoms with Gasteiger partial charge in [-0.05, 0) is 26.2 Å². The first-order valence-corrected chi connectivity index (χ1v) is 6.39. The maximum absolute atomic E-state index is 11.9. The Bertz CT molecular complexity index is 279. The van der Waals surface area contributed by atoms with Gasteiger partial charge in [0.05, 0.1) is 0 Å². The van der Waals surface area contributed by atoms with Crippen molar-refractivity contribution >= 4 is 11.8 Å². The van der Waals surface area contributed by atoms with Crippen molar-refractivity contribution in [1.82, 2.24) is 10.2 Å². The van der Waals surface area contributed by atoms with Crippen molar-refractivity contribution < 1.29 is 9.59 Å². The molecule has 2 amide bonds. The molecule has 3 N–H and O–H groups in total. The molecule has 17 heavy (non-hydrogen) atoms. The molecule has 1 rings (SSSR count). The van der Waals surface area contributed by atoms with Gasteiger partial charge in [0.2, 0.25) is 11.8 Å². The van der Waals surface area contributed by atoms with E-state index in [0.717, 1.165) is 12.8 Å². The quantitative estimate of drug-likeness (QED) is 0.699. The lowest BCUT2D eigenvalue weighted by Gasteiger charge is -2.25. The van der Waals surface area contributed by atoms with Gasteiger partial charge in [-0.25, -0.2) is 0 Å². The van der Waals surface area contributed by atoms with Crippen LogP contribution in [0.15, 0.2) is 0 Å². The average Bonchev–Trinajstić information content (AvgIpc) is 2.66. The fraction of sp³-hybridized carbons (Fsp3) is 0.833. The fourth-order valence-corrected chi connectivity index (χ4v) is 2.09. The third kappa shape index (κ3) is 4.00. The topological polar surface area (TPSA) is 75.4 Å². The number of hydrogen-bond donors (Lipinski definition) is 2. The van der Waals surface area contributed by atoms with Gasteiger partial charge in [-0.2, -0.15) is 0 Å². The molecule has 5 nitrogen and oxygen atoms in total. The van der Waals surface area contributed by atoms with Crippen LogP contribution in [0.25, 0.3) is 0 Å². The first-order valence-electron chi connectivity index (χ1n) is 6.39. The van der Waals surface area contributed by atoms with Crippen LogP contribution in [0.2, 0.25) is 0 Å². The van der Waals surface area contributed by atoms with E-state index in [-0.39, 0.29) is 23.9 Å². The molecule has 5 heteroatoms. The minimum Gasteiger partial charge on any atom is -0.354 e. The maximum atomic E-state index is 11.9. The van der Waals surface area contributed by atoms with Crippen LogP contribution in [0, 0.1) is 0 Å². The average molecular weight is 241 g/mol. The van der Waals surface area contributed by atoms with E-state index in [2.05, 4.69) is 5.32 Å². The van der Waals surface area contributed by atoms with Crippen molar-refractivity contribution in [1.29, 1.82) is 0 Å². The van der Waals surface area contributed by atoms with Crippen LogP contribution in [-0.4, -0.2) is 41.9 Å². The summed E-state index contributed by atoms with van der Waals surface area (Å²) in [6.07, 6.45) is 2.86. The molecule has 2 unspecified atom stereocenters. The Balaban J connectivity index is 2.43. The number of hydrogen-bond acceptors (Lipinski definition) is 3. The maximum Gasteiger partial charge on any atom is 0.242 e. The van der Waals surface area contributed by atoms with Gasteiger partial charge >= 0.3 is 0 Å². The van der Waals surface area contributed by atoms with E-state index >= 15 is 0 Å². The first-order chi connectivity index (χ1) is 8.06. The van der Waals surface area contributed by atoms with Crippen LogP contribution >= 0.6 is 0 Å². The number of nitrogens with two attached hydrogens (primary N) is 1. The molecule has 0 spiro atoms. The number of amides is 2. The third-order valence-corrected chi connectivity index (χ3v) is 3.07. The van der Waals surface area contributed by atoms with Crippen molar-refractivity contribution in [2.45, 2.75) is 51.6 Å². The lowest BCUT2D eigenvalue weighted by molar-refractivity contribution is -0.137. The van der Waals surface area contributed by atoms with E-state index in [1.807, 2.05) is 13.8 Å². The Hall–Kier alpha value is -1.10. The van der Waals surface area contributed by atoms with Crippen LogP contribution < -0.4 is 11.1 Å². The van der Waals surface area contributed by atoms with E-state index < -0.39 is 0 Å². The molecule has 0 aliphatic carbocycles. The van der Waals surface area contributed by atoms with Gasteiger partial charge in [0.15, 0.2) is 0 Å². The highest BCUT2D eigenvalue weighted by atomic mass is 16.2. The number of carbonyl (C=O) groups excluding carboxylic acids is 2. The smallest absolute Gasteiger partial charge is 0.242 e. The summed E-state index contributed by atoms with van der Waals surface area (Å²) in [5.41, 5.74) is 5.62. The molecule has 1 saturated heterocycles. The second kappa shape index (κ2) is 6.59. The molecule has 1 fully saturated rings. The molecule has 0 radical (unpaired) electrons. The molecule has 0 aromatic carbocycles. The summed E-state index contributed by atoms with van der Waals surface area (Å²) in [6.45, 7) is 5.13. The SMILES string of the molecule is CCC(C(=O)NCCC(C)N)N1CCCC1=O. The third-order valence-electron chi connectivity index (χ3n) is 3.07. The monoisotopic (exact) mass is 241 g/mol. The summed E-state index contributed by atoms with van der Waals surface area (Å²) in [4.78, 5) is 25.2. The van der Waals surface area contributed by atoms with Crippen molar-refractivity contribution in [2.24, 2.45) is 5.73 Å². The summed E-state index contributed by atoms with van der Waals surface area (Å²) in [6, 6.07) is -0.220. The standard InChI is InChI=1S/C12H23N3O2/c1-3-10(15-8-4-5-11(15)16)12(17)14-7-6-9(2)13/h9-10H,3-8,13H2,1-2H3,(H,14,17). The Kier molecular flexibility index (Phi) is 5.41. The van der Waals surface area contributed by atoms with Gasteiger partial charge < -0.3 is 16.0 Å². The zero-order valence-electron chi connectivity index (χ0n) is 10.7. The molecule has 1 aliphatic rings. The molecule has 1 heterocycles. The summed E-state index contributed by atoms with van der Waals surface area (Å²) < 4.78 is 0. The lowest BCUT2D eigenvalue weighted by Crippen LogP contribution is -2.47. The lowest BCUT2D eigenvalue weighted by atomic mass is 10.1. The normalized spacial score (nSPS) is 19.2. The largest absolute Gasteiger partial charge is 0.354 e. The Morgan fingerprint density at radius 1 is 1.59 bits per heavy atom. The predicted molar refractivity (Wildman–Crippen MR) is 66.3 cm³/mol. The summed E-state index contributed by atoms with van der Waals surface area (Å²) in [7, 11) is 0. The molecule has 0 bridgehead atoms. The van der Waals surface area contributed by atoms with Gasteiger partial charge in [0.1, 0.15) is 6.04 Å². The molecule has 1 aliphatic heterocycles. The van der Waals surface area contributed by atoms with Crippen molar-refractivity contribution in [2.75, 3.05) is 13.1 Å². The summed E-state index contributed by atoms with van der Waals surface area (Å²) in [5, 5.41) is 2.85. The molecular weight excluding hydrogens is 218 g/mol. The fourth-order valence-electron chi connectivity index (χ4n) is 2.09. The minimum absolute atomic E-state index is 0.0524. The number of likely N-dealkylation sites (tertiary alicyclic amines) is 1. The Morgan fingerprint density at radius 3 is 2.76 bits per heavy atom. The van der Waals surface area contributed by atoms with Crippen molar-refractivity contribution in [3.8, 4) is 0 Å². The Labute approximate surface area is 103 Å². The molecule has 0 aromatic heterocycles. The molecule has 98 valence electrons. The number of nitrogens with one attached hydrogen (secondary N) is 1. The second-order valence-electron chi connectivity index (χ2n) is 4.67. The molecule has 2 atom stereocenters. The van der Waals surface area contributed by atoms with Gasteiger partial charge in [0.25, 0.3) is 0 Å². The van der Waals surface area contributed by atoms with E-state index in [1.165, 1.54) is 0 Å². The van der Waals surface area contributed by atoms with Crippen LogP contribution in [-0.2, 0) is 9.59 Å². The molecular formula is C12H23N3O2. The second-order valence-corrected chi connectivity index (χ2v) is 4.67. The zero-order chi connectivity index (χ0) is 12.8. The Morgan fingerprint density at radius 2 is 2.29 bits per heavy atom. The van der Waals surface area contributed by atoms with Crippen LogP contribution in [0.5, 0.6) is 0 Å². The van der Waals surface area contributed by atoms with Crippen LogP contribution in [0.4, 0.5) is 0 Å².